The van der Waals surface area contributed by atoms with Crippen LogP contribution in [0.3, 0.4) is 0 Å². The van der Waals surface area contributed by atoms with Gasteiger partial charge in [-0.3, -0.25) is 0 Å². The molecule has 0 saturated carbocycles. The molecule has 1 heterocycles. The molecule has 0 atom stereocenters. The normalized spacial score (nSPS) is 14.4. The van der Waals surface area contributed by atoms with E-state index in [1.54, 1.807) is 6.20 Å². The number of nitrogens with zero attached hydrogens (tertiary/aromatic N) is 2. The molecule has 0 unspecified atom stereocenters. The van der Waals surface area contributed by atoms with Gasteiger partial charge in [0.05, 0.1) is 0 Å². The smallest absolute Gasteiger partial charge is 0.0760 e. The maximum absolute atomic E-state index is 3.88. The molecule has 1 aromatic carbocycles. The van der Waals surface area contributed by atoms with Gasteiger partial charge in [-0.25, -0.2) is 0 Å². The fraction of sp³-hybridized carbons (Fsp3) is 0. The Morgan fingerprint density at radius 3 is 2.64 bits per heavy atom. The second-order valence-corrected chi connectivity index (χ2v) is 2.22. The van der Waals surface area contributed by atoms with Crippen LogP contribution in [0.15, 0.2) is 41.6 Å². The van der Waals surface area contributed by atoms with E-state index in [0.717, 1.165) is 11.3 Å². The minimum absolute atomic E-state index is 0.880. The lowest BCUT2D eigenvalue weighted by Crippen LogP contribution is -1.98. The SMILES string of the molecule is C1=C(c2ccccc2)N=[N+]N1. The van der Waals surface area contributed by atoms with Crippen molar-refractivity contribution < 1.29 is 0 Å². The Hall–Kier alpha value is -1.64. The van der Waals surface area contributed by atoms with Gasteiger partial charge in [0.1, 0.15) is 11.3 Å². The van der Waals surface area contributed by atoms with E-state index in [1.807, 2.05) is 30.3 Å². The first kappa shape index (κ1) is 6.09. The highest BCUT2D eigenvalue weighted by Gasteiger charge is 2.11. The van der Waals surface area contributed by atoms with Crippen molar-refractivity contribution in [2.45, 2.75) is 0 Å². The van der Waals surface area contributed by atoms with Gasteiger partial charge in [0.15, 0.2) is 5.70 Å². The van der Waals surface area contributed by atoms with Crippen molar-refractivity contribution in [2.75, 3.05) is 0 Å². The molecular weight excluding hydrogens is 138 g/mol. The molecule has 0 saturated heterocycles. The second-order valence-electron chi connectivity index (χ2n) is 2.22. The monoisotopic (exact) mass is 145 g/mol. The Balaban J connectivity index is 2.37. The van der Waals surface area contributed by atoms with Gasteiger partial charge < -0.3 is 0 Å². The Kier molecular flexibility index (Phi) is 1.41. The summed E-state index contributed by atoms with van der Waals surface area (Å²) >= 11 is 0. The molecule has 53 valence electrons. The van der Waals surface area contributed by atoms with Crippen molar-refractivity contribution >= 4 is 5.70 Å². The van der Waals surface area contributed by atoms with Crippen molar-refractivity contribution in [3.8, 4) is 0 Å². The first-order chi connectivity index (χ1) is 5.47. The van der Waals surface area contributed by atoms with Gasteiger partial charge in [-0.05, 0) is 0 Å². The highest BCUT2D eigenvalue weighted by atomic mass is 15.4. The van der Waals surface area contributed by atoms with E-state index in [9.17, 15) is 0 Å². The molecule has 1 aliphatic heterocycles. The summed E-state index contributed by atoms with van der Waals surface area (Å²) in [6, 6.07) is 9.92. The molecule has 1 aliphatic rings. The van der Waals surface area contributed by atoms with E-state index in [0.29, 0.717) is 0 Å². The fourth-order valence-electron chi connectivity index (χ4n) is 0.952. The zero-order valence-electron chi connectivity index (χ0n) is 5.86. The van der Waals surface area contributed by atoms with Crippen molar-refractivity contribution in [2.24, 2.45) is 5.11 Å². The molecule has 0 spiro atoms. The highest BCUT2D eigenvalue weighted by Crippen LogP contribution is 2.14. The van der Waals surface area contributed by atoms with Crippen LogP contribution >= 0.6 is 0 Å². The van der Waals surface area contributed by atoms with Crippen molar-refractivity contribution in [1.29, 1.82) is 0 Å². The molecule has 1 radical (unpaired) electrons. The summed E-state index contributed by atoms with van der Waals surface area (Å²) in [7, 11) is 0. The van der Waals surface area contributed by atoms with E-state index >= 15 is 0 Å². The largest absolute Gasteiger partial charge is 0.330 e. The van der Waals surface area contributed by atoms with Crippen LogP contribution in [0.2, 0.25) is 0 Å². The van der Waals surface area contributed by atoms with Crippen LogP contribution in [0.25, 0.3) is 5.70 Å². The second kappa shape index (κ2) is 2.54. The van der Waals surface area contributed by atoms with Gasteiger partial charge in [-0.15, -0.1) is 0 Å². The zero-order chi connectivity index (χ0) is 7.52. The van der Waals surface area contributed by atoms with Gasteiger partial charge in [0.2, 0.25) is 0 Å². The molecule has 3 nitrogen and oxygen atoms in total. The van der Waals surface area contributed by atoms with Crippen LogP contribution in [-0.2, 0) is 0 Å². The maximum Gasteiger partial charge on any atom is 0.330 e. The van der Waals surface area contributed by atoms with Crippen LogP contribution in [0, 0.1) is 0 Å². The summed E-state index contributed by atoms with van der Waals surface area (Å²) in [5.74, 6) is 0. The standard InChI is InChI=1S/C8H7N3/c1-2-4-7(5-3-1)8-6-9-11-10-8/h1-6H,(H,9,10)/q+1. The number of hydrogen-bond acceptors (Lipinski definition) is 3. The molecule has 0 aromatic heterocycles. The van der Waals surface area contributed by atoms with Crippen LogP contribution in [0.5, 0.6) is 0 Å². The topological polar surface area (TPSA) is 38.5 Å². The molecule has 3 heteroatoms. The molecule has 1 aromatic rings. The van der Waals surface area contributed by atoms with Gasteiger partial charge >= 0.3 is 5.22 Å². The Labute approximate surface area is 64.4 Å². The van der Waals surface area contributed by atoms with Gasteiger partial charge in [0.25, 0.3) is 0 Å². The first-order valence-electron chi connectivity index (χ1n) is 3.39. The Bertz CT molecular complexity index is 300. The summed E-state index contributed by atoms with van der Waals surface area (Å²) in [5.41, 5.74) is 4.63. The predicted octanol–water partition coefficient (Wildman–Crippen LogP) is 1.29. The number of rotatable bonds is 1. The molecule has 11 heavy (non-hydrogen) atoms. The first-order valence-corrected chi connectivity index (χ1v) is 3.39. The number of benzene rings is 1. The van der Waals surface area contributed by atoms with Crippen molar-refractivity contribution in [1.82, 2.24) is 10.6 Å². The summed E-state index contributed by atoms with van der Waals surface area (Å²) in [4.78, 5) is 0. The lowest BCUT2D eigenvalue weighted by Gasteiger charge is -1.89. The summed E-state index contributed by atoms with van der Waals surface area (Å²) in [5, 5.41) is 7.50. The minimum Gasteiger partial charge on any atom is -0.0760 e. The third kappa shape index (κ3) is 1.12. The van der Waals surface area contributed by atoms with Crippen molar-refractivity contribution in [3.05, 3.63) is 42.1 Å². The Morgan fingerprint density at radius 2 is 2.00 bits per heavy atom. The Morgan fingerprint density at radius 1 is 1.18 bits per heavy atom. The molecule has 0 amide bonds. The molecule has 0 bridgehead atoms. The quantitative estimate of drug-likeness (QED) is 0.635. The van der Waals surface area contributed by atoms with Gasteiger partial charge in [0, 0.05) is 5.56 Å². The van der Waals surface area contributed by atoms with Crippen LogP contribution in [0.1, 0.15) is 5.56 Å². The van der Waals surface area contributed by atoms with Crippen LogP contribution in [0.4, 0.5) is 0 Å². The number of nitrogens with one attached hydrogen (secondary N) is 1. The number of hydrogen-bond donors (Lipinski definition) is 1. The third-order valence-electron chi connectivity index (χ3n) is 1.49. The molecular formula is C8H7N3+. The van der Waals surface area contributed by atoms with Crippen molar-refractivity contribution in [3.63, 3.8) is 0 Å². The average Bonchev–Trinajstić information content (AvgIpc) is 2.58. The maximum atomic E-state index is 3.88. The van der Waals surface area contributed by atoms with E-state index in [1.165, 1.54) is 0 Å². The summed E-state index contributed by atoms with van der Waals surface area (Å²) in [6.45, 7) is 0. The van der Waals surface area contributed by atoms with Crippen LogP contribution < -0.4 is 10.6 Å². The summed E-state index contributed by atoms with van der Waals surface area (Å²) in [6.07, 6.45) is 1.77. The van der Waals surface area contributed by atoms with Crippen LogP contribution in [-0.4, -0.2) is 0 Å². The molecule has 2 rings (SSSR count). The lowest BCUT2D eigenvalue weighted by molar-refractivity contribution is 0.808. The predicted molar refractivity (Wildman–Crippen MR) is 42.1 cm³/mol. The van der Waals surface area contributed by atoms with E-state index in [-0.39, 0.29) is 0 Å². The molecule has 0 fully saturated rings. The fourth-order valence-corrected chi connectivity index (χ4v) is 0.952. The van der Waals surface area contributed by atoms with Gasteiger partial charge in [-0.1, -0.05) is 35.8 Å². The third-order valence-corrected chi connectivity index (χ3v) is 1.49. The van der Waals surface area contributed by atoms with E-state index < -0.39 is 0 Å². The van der Waals surface area contributed by atoms with Gasteiger partial charge in [-0.2, -0.15) is 0 Å². The lowest BCUT2D eigenvalue weighted by atomic mass is 10.2. The average molecular weight is 145 g/mol. The zero-order valence-corrected chi connectivity index (χ0v) is 5.86. The van der Waals surface area contributed by atoms with E-state index in [2.05, 4.69) is 15.8 Å². The molecule has 0 aliphatic carbocycles. The van der Waals surface area contributed by atoms with E-state index in [4.69, 9.17) is 0 Å². The molecule has 1 N–H and O–H groups in total. The summed E-state index contributed by atoms with van der Waals surface area (Å²) < 4.78 is 0. The highest BCUT2D eigenvalue weighted by molar-refractivity contribution is 5.64. The minimum atomic E-state index is 0.880.